The number of nitrogens with one attached hydrogen (secondary N) is 2. The molecule has 0 radical (unpaired) electrons. The number of rotatable bonds is 6. The predicted octanol–water partition coefficient (Wildman–Crippen LogP) is 0.304. The van der Waals surface area contributed by atoms with Crippen molar-refractivity contribution in [2.24, 2.45) is 0 Å². The molecule has 3 amide bonds. The van der Waals surface area contributed by atoms with E-state index in [9.17, 15) is 14.4 Å². The summed E-state index contributed by atoms with van der Waals surface area (Å²) < 4.78 is 0. The zero-order chi connectivity index (χ0) is 14.5. The first-order valence-electron chi connectivity index (χ1n) is 7.11. The Balaban J connectivity index is 1.60. The van der Waals surface area contributed by atoms with Crippen LogP contribution in [0, 0.1) is 0 Å². The molecule has 7 nitrogen and oxygen atoms in total. The molecule has 2 fully saturated rings. The van der Waals surface area contributed by atoms with Crippen LogP contribution in [0.25, 0.3) is 0 Å². The Morgan fingerprint density at radius 2 is 1.90 bits per heavy atom. The largest absolute Gasteiger partial charge is 0.481 e. The Labute approximate surface area is 117 Å². The number of carbonyl (C=O) groups is 3. The van der Waals surface area contributed by atoms with Crippen LogP contribution in [0.3, 0.4) is 0 Å². The maximum absolute atomic E-state index is 11.6. The smallest absolute Gasteiger partial charge is 0.321 e. The molecule has 3 N–H and O–H groups in total. The summed E-state index contributed by atoms with van der Waals surface area (Å²) in [5.74, 6) is -1.37. The Morgan fingerprint density at radius 1 is 1.15 bits per heavy atom. The molecule has 0 aromatic heterocycles. The standard InChI is InChI=1S/C13H21N3O4/c17-11(2-1-3-12(18)19)15-13(20)14-9-6-7-16(8-9)10-4-5-10/h9-10H,1-8H2,(H,18,19)(H2,14,15,17,20). The lowest BCUT2D eigenvalue weighted by atomic mass is 10.2. The number of likely N-dealkylation sites (tertiary alicyclic amines) is 1. The molecule has 0 aromatic rings. The zero-order valence-corrected chi connectivity index (χ0v) is 11.4. The number of aliphatic carboxylic acids is 1. The number of amides is 3. The summed E-state index contributed by atoms with van der Waals surface area (Å²) >= 11 is 0. The van der Waals surface area contributed by atoms with Gasteiger partial charge in [0, 0.05) is 38.0 Å². The molecule has 20 heavy (non-hydrogen) atoms. The molecule has 1 saturated carbocycles. The number of nitrogens with zero attached hydrogens (tertiary/aromatic N) is 1. The first-order chi connectivity index (χ1) is 9.54. The zero-order valence-electron chi connectivity index (χ0n) is 11.4. The number of carboxylic acid groups (broad SMARTS) is 1. The van der Waals surface area contributed by atoms with Crippen LogP contribution in [-0.4, -0.2) is 53.1 Å². The Morgan fingerprint density at radius 3 is 2.55 bits per heavy atom. The van der Waals surface area contributed by atoms with Gasteiger partial charge in [-0.3, -0.25) is 19.8 Å². The summed E-state index contributed by atoms with van der Waals surface area (Å²) in [4.78, 5) is 35.7. The number of hydrogen-bond donors (Lipinski definition) is 3. The molecule has 1 unspecified atom stereocenters. The molecule has 7 heteroatoms. The van der Waals surface area contributed by atoms with Gasteiger partial charge in [0.15, 0.2) is 0 Å². The van der Waals surface area contributed by atoms with Crippen molar-refractivity contribution < 1.29 is 19.5 Å². The lowest BCUT2D eigenvalue weighted by molar-refractivity contribution is -0.137. The molecule has 1 aliphatic heterocycles. The van der Waals surface area contributed by atoms with Gasteiger partial charge < -0.3 is 10.4 Å². The molecule has 112 valence electrons. The summed E-state index contributed by atoms with van der Waals surface area (Å²) in [5, 5.41) is 13.5. The minimum atomic E-state index is -0.937. The topological polar surface area (TPSA) is 98.7 Å². The van der Waals surface area contributed by atoms with Crippen LogP contribution in [0.4, 0.5) is 4.79 Å². The van der Waals surface area contributed by atoms with Crippen LogP contribution in [0.2, 0.25) is 0 Å². The summed E-state index contributed by atoms with van der Waals surface area (Å²) in [7, 11) is 0. The average molecular weight is 283 g/mol. The van der Waals surface area contributed by atoms with Crippen molar-refractivity contribution in [2.75, 3.05) is 13.1 Å². The van der Waals surface area contributed by atoms with Gasteiger partial charge in [0.25, 0.3) is 0 Å². The highest BCUT2D eigenvalue weighted by Crippen LogP contribution is 2.29. The van der Waals surface area contributed by atoms with E-state index in [-0.39, 0.29) is 25.3 Å². The van der Waals surface area contributed by atoms with E-state index in [0.717, 1.165) is 19.5 Å². The second-order valence-corrected chi connectivity index (χ2v) is 5.48. The molecule has 1 aliphatic carbocycles. The van der Waals surface area contributed by atoms with E-state index in [2.05, 4.69) is 15.5 Å². The van der Waals surface area contributed by atoms with Gasteiger partial charge in [-0.05, 0) is 25.7 Å². The van der Waals surface area contributed by atoms with E-state index < -0.39 is 17.9 Å². The third-order valence-electron chi connectivity index (χ3n) is 3.67. The molecule has 2 rings (SSSR count). The van der Waals surface area contributed by atoms with Crippen LogP contribution >= 0.6 is 0 Å². The van der Waals surface area contributed by atoms with E-state index in [0.29, 0.717) is 6.04 Å². The fourth-order valence-electron chi connectivity index (χ4n) is 2.49. The number of carbonyl (C=O) groups excluding carboxylic acids is 2. The van der Waals surface area contributed by atoms with Gasteiger partial charge in [-0.15, -0.1) is 0 Å². The van der Waals surface area contributed by atoms with Gasteiger partial charge in [0.1, 0.15) is 0 Å². The maximum atomic E-state index is 11.6. The highest BCUT2D eigenvalue weighted by Gasteiger charge is 2.34. The Hall–Kier alpha value is -1.63. The first-order valence-corrected chi connectivity index (χ1v) is 7.11. The third-order valence-corrected chi connectivity index (χ3v) is 3.67. The molecule has 1 saturated heterocycles. The number of carboxylic acids is 1. The van der Waals surface area contributed by atoms with Gasteiger partial charge in [-0.25, -0.2) is 4.79 Å². The number of imide groups is 1. The lowest BCUT2D eigenvalue weighted by Crippen LogP contribution is -2.45. The van der Waals surface area contributed by atoms with E-state index in [1.807, 2.05) is 0 Å². The van der Waals surface area contributed by atoms with Gasteiger partial charge in [0.2, 0.25) is 5.91 Å². The highest BCUT2D eigenvalue weighted by molar-refractivity contribution is 5.94. The summed E-state index contributed by atoms with van der Waals surface area (Å²) in [6.07, 6.45) is 3.65. The summed E-state index contributed by atoms with van der Waals surface area (Å²) in [5.41, 5.74) is 0. The molecular formula is C13H21N3O4. The van der Waals surface area contributed by atoms with Crippen molar-refractivity contribution in [3.63, 3.8) is 0 Å². The molecule has 2 aliphatic rings. The number of hydrogen-bond acceptors (Lipinski definition) is 4. The molecule has 0 spiro atoms. The second-order valence-electron chi connectivity index (χ2n) is 5.48. The first kappa shape index (κ1) is 14.8. The van der Waals surface area contributed by atoms with Crippen LogP contribution < -0.4 is 10.6 Å². The average Bonchev–Trinajstić information content (AvgIpc) is 3.10. The van der Waals surface area contributed by atoms with E-state index in [4.69, 9.17) is 5.11 Å². The number of urea groups is 1. The van der Waals surface area contributed by atoms with Crippen LogP contribution in [0.5, 0.6) is 0 Å². The fraction of sp³-hybridized carbons (Fsp3) is 0.769. The van der Waals surface area contributed by atoms with Crippen molar-refractivity contribution in [2.45, 2.75) is 50.6 Å². The van der Waals surface area contributed by atoms with Gasteiger partial charge in [0.05, 0.1) is 0 Å². The Bertz CT molecular complexity index is 395. The van der Waals surface area contributed by atoms with E-state index in [1.54, 1.807) is 0 Å². The normalized spacial score (nSPS) is 22.5. The third kappa shape index (κ3) is 4.80. The molecule has 0 bridgehead atoms. The summed E-state index contributed by atoms with van der Waals surface area (Å²) in [6.45, 7) is 1.85. The lowest BCUT2D eigenvalue weighted by Gasteiger charge is -2.15. The Kier molecular flexibility index (Phi) is 4.94. The maximum Gasteiger partial charge on any atom is 0.321 e. The molecule has 1 heterocycles. The minimum absolute atomic E-state index is 0.0542. The monoisotopic (exact) mass is 283 g/mol. The van der Waals surface area contributed by atoms with Crippen molar-refractivity contribution in [3.05, 3.63) is 0 Å². The summed E-state index contributed by atoms with van der Waals surface area (Å²) in [6, 6.07) is 0.318. The van der Waals surface area contributed by atoms with Crippen molar-refractivity contribution in [3.8, 4) is 0 Å². The second kappa shape index (κ2) is 6.69. The highest BCUT2D eigenvalue weighted by atomic mass is 16.4. The van der Waals surface area contributed by atoms with Crippen LogP contribution in [0.1, 0.15) is 38.5 Å². The van der Waals surface area contributed by atoms with Gasteiger partial charge in [-0.1, -0.05) is 0 Å². The van der Waals surface area contributed by atoms with Crippen molar-refractivity contribution in [1.82, 2.24) is 15.5 Å². The quantitative estimate of drug-likeness (QED) is 0.651. The van der Waals surface area contributed by atoms with Crippen molar-refractivity contribution in [1.29, 1.82) is 0 Å². The fourth-order valence-corrected chi connectivity index (χ4v) is 2.49. The van der Waals surface area contributed by atoms with Crippen molar-refractivity contribution >= 4 is 17.9 Å². The molecule has 1 atom stereocenters. The predicted molar refractivity (Wildman–Crippen MR) is 71.2 cm³/mol. The van der Waals surface area contributed by atoms with E-state index in [1.165, 1.54) is 12.8 Å². The minimum Gasteiger partial charge on any atom is -0.481 e. The molecular weight excluding hydrogens is 262 g/mol. The van der Waals surface area contributed by atoms with Gasteiger partial charge in [-0.2, -0.15) is 0 Å². The van der Waals surface area contributed by atoms with E-state index >= 15 is 0 Å². The SMILES string of the molecule is O=C(O)CCCC(=O)NC(=O)NC1CCN(C2CC2)C1. The van der Waals surface area contributed by atoms with Crippen LogP contribution in [0.15, 0.2) is 0 Å². The van der Waals surface area contributed by atoms with Crippen LogP contribution in [-0.2, 0) is 9.59 Å². The van der Waals surface area contributed by atoms with Gasteiger partial charge >= 0.3 is 12.0 Å². The molecule has 0 aromatic carbocycles.